The summed E-state index contributed by atoms with van der Waals surface area (Å²) in [6.07, 6.45) is 0.506. The summed E-state index contributed by atoms with van der Waals surface area (Å²) in [5, 5.41) is 12.7. The number of nitrogens with two attached hydrogens (primary N) is 1. The molecular weight excluding hydrogens is 446 g/mol. The number of carbonyl (C=O) groups is 2. The molecule has 10 heteroatoms. The molecule has 3 aromatic rings. The highest BCUT2D eigenvalue weighted by Gasteiger charge is 2.13. The van der Waals surface area contributed by atoms with E-state index in [1.807, 2.05) is 0 Å². The summed E-state index contributed by atoms with van der Waals surface area (Å²) in [5.41, 5.74) is 1.55. The van der Waals surface area contributed by atoms with Crippen LogP contribution in [-0.4, -0.2) is 26.8 Å². The molecule has 0 radical (unpaired) electrons. The first kappa shape index (κ1) is 22.0. The lowest BCUT2D eigenvalue weighted by Gasteiger charge is -2.10. The first-order chi connectivity index (χ1) is 14.2. The molecule has 0 aliphatic heterocycles. The van der Waals surface area contributed by atoms with E-state index < -0.39 is 10.0 Å². The summed E-state index contributed by atoms with van der Waals surface area (Å²) in [4.78, 5) is 25.2. The molecule has 4 N–H and O–H groups in total. The van der Waals surface area contributed by atoms with Gasteiger partial charge < -0.3 is 10.6 Å². The molecule has 0 atom stereocenters. The van der Waals surface area contributed by atoms with Crippen LogP contribution in [0.15, 0.2) is 64.9 Å². The quantitative estimate of drug-likeness (QED) is 0.498. The van der Waals surface area contributed by atoms with Crippen LogP contribution in [0.1, 0.15) is 25.6 Å². The van der Waals surface area contributed by atoms with E-state index in [0.29, 0.717) is 34.1 Å². The highest BCUT2D eigenvalue weighted by atomic mass is 35.5. The number of hydrogen-bond acceptors (Lipinski definition) is 5. The summed E-state index contributed by atoms with van der Waals surface area (Å²) in [6.45, 7) is 0.340. The van der Waals surface area contributed by atoms with Crippen molar-refractivity contribution >= 4 is 50.5 Å². The molecule has 0 spiro atoms. The van der Waals surface area contributed by atoms with Gasteiger partial charge in [-0.15, -0.1) is 11.3 Å². The molecule has 0 aliphatic rings. The number of hydrogen-bond donors (Lipinski definition) is 3. The molecule has 0 aliphatic carbocycles. The number of primary sulfonamides is 1. The number of anilines is 1. The standard InChI is InChI=1S/C20H18ClN3O4S2/c21-16-8-5-14(12-17(16)24-20(26)18-2-1-11-29-18)19(25)23-10-9-13-3-6-15(7-4-13)30(22,27)28/h1-8,11-12H,9-10H2,(H,23,25)(H,24,26)(H2,22,27,28). The molecule has 7 nitrogen and oxygen atoms in total. The second-order valence-corrected chi connectivity index (χ2v) is 9.24. The van der Waals surface area contributed by atoms with Gasteiger partial charge in [-0.05, 0) is 53.8 Å². The zero-order valence-corrected chi connectivity index (χ0v) is 18.0. The van der Waals surface area contributed by atoms with Crippen LogP contribution in [0.5, 0.6) is 0 Å². The molecule has 0 bridgehead atoms. The van der Waals surface area contributed by atoms with Gasteiger partial charge in [-0.1, -0.05) is 29.8 Å². The van der Waals surface area contributed by atoms with Gasteiger partial charge in [0.05, 0.1) is 20.5 Å². The fraction of sp³-hybridized carbons (Fsp3) is 0.100. The maximum Gasteiger partial charge on any atom is 0.265 e. The maximum absolute atomic E-state index is 12.4. The van der Waals surface area contributed by atoms with Gasteiger partial charge in [0.25, 0.3) is 11.8 Å². The molecule has 2 aromatic carbocycles. The van der Waals surface area contributed by atoms with Crippen molar-refractivity contribution in [1.82, 2.24) is 5.32 Å². The van der Waals surface area contributed by atoms with Crippen LogP contribution in [0.25, 0.3) is 0 Å². The average Bonchev–Trinajstić information content (AvgIpc) is 3.24. The lowest BCUT2D eigenvalue weighted by molar-refractivity contribution is 0.0952. The minimum atomic E-state index is -3.73. The zero-order valence-electron chi connectivity index (χ0n) is 15.6. The van der Waals surface area contributed by atoms with Crippen molar-refractivity contribution in [3.63, 3.8) is 0 Å². The number of rotatable bonds is 7. The van der Waals surface area contributed by atoms with E-state index in [4.69, 9.17) is 16.7 Å². The first-order valence-electron chi connectivity index (χ1n) is 8.78. The Hall–Kier alpha value is -2.72. The summed E-state index contributed by atoms with van der Waals surface area (Å²) in [7, 11) is -3.73. The fourth-order valence-corrected chi connectivity index (χ4v) is 3.92. The second kappa shape index (κ2) is 9.40. The monoisotopic (exact) mass is 463 g/mol. The van der Waals surface area contributed by atoms with E-state index in [-0.39, 0.29) is 16.7 Å². The molecule has 0 saturated heterocycles. The molecule has 156 valence electrons. The summed E-state index contributed by atoms with van der Waals surface area (Å²) in [6, 6.07) is 14.2. The topological polar surface area (TPSA) is 118 Å². The van der Waals surface area contributed by atoms with Crippen LogP contribution in [-0.2, 0) is 16.4 Å². The third-order valence-electron chi connectivity index (χ3n) is 4.17. The van der Waals surface area contributed by atoms with E-state index in [1.54, 1.807) is 41.8 Å². The molecule has 3 rings (SSSR count). The van der Waals surface area contributed by atoms with Crippen LogP contribution in [0.4, 0.5) is 5.69 Å². The van der Waals surface area contributed by atoms with Crippen molar-refractivity contribution < 1.29 is 18.0 Å². The minimum absolute atomic E-state index is 0.0357. The molecule has 1 aromatic heterocycles. The van der Waals surface area contributed by atoms with E-state index in [9.17, 15) is 18.0 Å². The number of sulfonamides is 1. The number of halogens is 1. The minimum Gasteiger partial charge on any atom is -0.352 e. The Morgan fingerprint density at radius 1 is 1.03 bits per heavy atom. The fourth-order valence-electron chi connectivity index (χ4n) is 2.62. The number of benzene rings is 2. The van der Waals surface area contributed by atoms with Gasteiger partial charge in [0, 0.05) is 12.1 Å². The van der Waals surface area contributed by atoms with Crippen molar-refractivity contribution in [2.24, 2.45) is 5.14 Å². The highest BCUT2D eigenvalue weighted by molar-refractivity contribution is 7.89. The third kappa shape index (κ3) is 5.67. The Labute approximate surface area is 182 Å². The molecule has 2 amide bonds. The van der Waals surface area contributed by atoms with Gasteiger partial charge in [-0.2, -0.15) is 0 Å². The zero-order chi connectivity index (χ0) is 21.7. The second-order valence-electron chi connectivity index (χ2n) is 6.32. The van der Waals surface area contributed by atoms with Crippen LogP contribution >= 0.6 is 22.9 Å². The Morgan fingerprint density at radius 2 is 1.77 bits per heavy atom. The van der Waals surface area contributed by atoms with Crippen LogP contribution in [0.2, 0.25) is 5.02 Å². The molecule has 1 heterocycles. The molecule has 30 heavy (non-hydrogen) atoms. The Kier molecular flexibility index (Phi) is 6.88. The maximum atomic E-state index is 12.4. The van der Waals surface area contributed by atoms with E-state index >= 15 is 0 Å². The summed E-state index contributed by atoms with van der Waals surface area (Å²) >= 11 is 7.44. The van der Waals surface area contributed by atoms with Gasteiger partial charge in [0.2, 0.25) is 10.0 Å². The first-order valence-corrected chi connectivity index (χ1v) is 11.6. The average molecular weight is 464 g/mol. The molecule has 0 unspecified atom stereocenters. The molecule has 0 saturated carbocycles. The van der Waals surface area contributed by atoms with Gasteiger partial charge in [0.1, 0.15) is 0 Å². The van der Waals surface area contributed by atoms with Crippen LogP contribution in [0, 0.1) is 0 Å². The molecular formula is C20H18ClN3O4S2. The SMILES string of the molecule is NS(=O)(=O)c1ccc(CCNC(=O)c2ccc(Cl)c(NC(=O)c3cccs3)c2)cc1. The van der Waals surface area contributed by atoms with Crippen molar-refractivity contribution in [2.75, 3.05) is 11.9 Å². The number of amides is 2. The Balaban J connectivity index is 1.59. The normalized spacial score (nSPS) is 11.1. The van der Waals surface area contributed by atoms with E-state index in [1.165, 1.54) is 29.5 Å². The van der Waals surface area contributed by atoms with Crippen molar-refractivity contribution in [2.45, 2.75) is 11.3 Å². The third-order valence-corrected chi connectivity index (χ3v) is 6.30. The van der Waals surface area contributed by atoms with Gasteiger partial charge in [0.15, 0.2) is 0 Å². The van der Waals surface area contributed by atoms with E-state index in [0.717, 1.165) is 5.56 Å². The largest absolute Gasteiger partial charge is 0.352 e. The highest BCUT2D eigenvalue weighted by Crippen LogP contribution is 2.24. The van der Waals surface area contributed by atoms with Crippen LogP contribution < -0.4 is 15.8 Å². The Bertz CT molecular complexity index is 1160. The van der Waals surface area contributed by atoms with E-state index in [2.05, 4.69) is 10.6 Å². The van der Waals surface area contributed by atoms with Gasteiger partial charge in [-0.25, -0.2) is 13.6 Å². The van der Waals surface area contributed by atoms with Crippen molar-refractivity contribution in [1.29, 1.82) is 0 Å². The van der Waals surface area contributed by atoms with Gasteiger partial charge >= 0.3 is 0 Å². The summed E-state index contributed by atoms with van der Waals surface area (Å²) in [5.74, 6) is -0.619. The number of nitrogens with one attached hydrogen (secondary N) is 2. The van der Waals surface area contributed by atoms with Gasteiger partial charge in [-0.3, -0.25) is 9.59 Å². The van der Waals surface area contributed by atoms with Crippen molar-refractivity contribution in [3.8, 4) is 0 Å². The summed E-state index contributed by atoms with van der Waals surface area (Å²) < 4.78 is 22.6. The van der Waals surface area contributed by atoms with Crippen LogP contribution in [0.3, 0.4) is 0 Å². The number of carbonyl (C=O) groups excluding carboxylic acids is 2. The predicted octanol–water partition coefficient (Wildman–Crippen LogP) is 3.27. The molecule has 0 fully saturated rings. The van der Waals surface area contributed by atoms with Crippen molar-refractivity contribution in [3.05, 3.63) is 81.0 Å². The smallest absolute Gasteiger partial charge is 0.265 e. The lowest BCUT2D eigenvalue weighted by Crippen LogP contribution is -2.26. The predicted molar refractivity (Wildman–Crippen MR) is 118 cm³/mol. The number of thiophene rings is 1. The lowest BCUT2D eigenvalue weighted by atomic mass is 10.1. The Morgan fingerprint density at radius 3 is 2.40 bits per heavy atom.